The van der Waals surface area contributed by atoms with Crippen molar-refractivity contribution in [2.24, 2.45) is 11.7 Å². The van der Waals surface area contributed by atoms with E-state index < -0.39 is 0 Å². The molecule has 2 heterocycles. The van der Waals surface area contributed by atoms with E-state index in [0.29, 0.717) is 43.9 Å². The maximum Gasteiger partial charge on any atom is 0.228 e. The third-order valence-corrected chi connectivity index (χ3v) is 2.80. The summed E-state index contributed by atoms with van der Waals surface area (Å²) < 4.78 is 16.0. The SMILES string of the molecule is CC(C)CC(N)Cc1nc(C2COCCO2)no1. The van der Waals surface area contributed by atoms with Crippen molar-refractivity contribution in [3.05, 3.63) is 11.7 Å². The lowest BCUT2D eigenvalue weighted by atomic mass is 10.0. The van der Waals surface area contributed by atoms with E-state index in [1.54, 1.807) is 0 Å². The molecule has 1 aromatic heterocycles. The van der Waals surface area contributed by atoms with Crippen molar-refractivity contribution in [3.63, 3.8) is 0 Å². The highest BCUT2D eigenvalue weighted by Gasteiger charge is 2.22. The number of rotatable bonds is 5. The summed E-state index contributed by atoms with van der Waals surface area (Å²) in [4.78, 5) is 4.32. The van der Waals surface area contributed by atoms with Gasteiger partial charge in [0.15, 0.2) is 0 Å². The molecule has 0 radical (unpaired) electrons. The molecule has 1 aliphatic heterocycles. The topological polar surface area (TPSA) is 83.4 Å². The molecule has 1 aliphatic rings. The van der Waals surface area contributed by atoms with Gasteiger partial charge < -0.3 is 19.7 Å². The van der Waals surface area contributed by atoms with Crippen molar-refractivity contribution in [1.82, 2.24) is 10.1 Å². The number of nitrogens with zero attached hydrogens (tertiary/aromatic N) is 2. The molecule has 2 rings (SSSR count). The van der Waals surface area contributed by atoms with E-state index in [2.05, 4.69) is 24.0 Å². The number of nitrogens with two attached hydrogens (primary N) is 1. The molecule has 0 aliphatic carbocycles. The van der Waals surface area contributed by atoms with E-state index >= 15 is 0 Å². The lowest BCUT2D eigenvalue weighted by Gasteiger charge is -2.19. The highest BCUT2D eigenvalue weighted by atomic mass is 16.6. The van der Waals surface area contributed by atoms with Crippen molar-refractivity contribution in [1.29, 1.82) is 0 Å². The minimum absolute atomic E-state index is 0.0572. The van der Waals surface area contributed by atoms with Crippen molar-refractivity contribution in [2.75, 3.05) is 19.8 Å². The fourth-order valence-electron chi connectivity index (χ4n) is 2.03. The molecular weight excluding hydrogens is 234 g/mol. The fourth-order valence-corrected chi connectivity index (χ4v) is 2.03. The lowest BCUT2D eigenvalue weighted by molar-refractivity contribution is -0.0941. The van der Waals surface area contributed by atoms with E-state index in [9.17, 15) is 0 Å². The molecular formula is C12H21N3O3. The van der Waals surface area contributed by atoms with Gasteiger partial charge in [-0.1, -0.05) is 19.0 Å². The molecule has 2 unspecified atom stereocenters. The average molecular weight is 255 g/mol. The molecule has 0 spiro atoms. The molecule has 6 heteroatoms. The molecule has 2 N–H and O–H groups in total. The van der Waals surface area contributed by atoms with E-state index in [0.717, 1.165) is 6.42 Å². The highest BCUT2D eigenvalue weighted by molar-refractivity contribution is 4.94. The molecule has 102 valence electrons. The minimum Gasteiger partial charge on any atom is -0.376 e. The predicted octanol–water partition coefficient (Wildman–Crippen LogP) is 1.07. The predicted molar refractivity (Wildman–Crippen MR) is 64.9 cm³/mol. The van der Waals surface area contributed by atoms with Crippen molar-refractivity contribution >= 4 is 0 Å². The van der Waals surface area contributed by atoms with Gasteiger partial charge in [0.05, 0.1) is 19.8 Å². The number of hydrogen-bond donors (Lipinski definition) is 1. The molecule has 1 aromatic rings. The van der Waals surface area contributed by atoms with Crippen LogP contribution in [0.15, 0.2) is 4.52 Å². The lowest BCUT2D eigenvalue weighted by Crippen LogP contribution is -2.25. The van der Waals surface area contributed by atoms with Crippen molar-refractivity contribution in [3.8, 4) is 0 Å². The normalized spacial score (nSPS) is 22.3. The monoisotopic (exact) mass is 255 g/mol. The first-order chi connectivity index (χ1) is 8.65. The van der Waals surface area contributed by atoms with Crippen LogP contribution in [0.2, 0.25) is 0 Å². The van der Waals surface area contributed by atoms with Crippen LogP contribution in [-0.2, 0) is 15.9 Å². The zero-order valence-electron chi connectivity index (χ0n) is 11.0. The Labute approximate surface area is 107 Å². The van der Waals surface area contributed by atoms with Gasteiger partial charge in [0, 0.05) is 12.5 Å². The highest BCUT2D eigenvalue weighted by Crippen LogP contribution is 2.18. The standard InChI is InChI=1S/C12H21N3O3/c1-8(2)5-9(13)6-11-14-12(15-18-11)10-7-16-3-4-17-10/h8-10H,3-7,13H2,1-2H3. The quantitative estimate of drug-likeness (QED) is 0.847. The molecule has 2 atom stereocenters. The Hall–Kier alpha value is -0.980. The largest absolute Gasteiger partial charge is 0.376 e. The third kappa shape index (κ3) is 3.76. The molecule has 1 saturated heterocycles. The van der Waals surface area contributed by atoms with Crippen molar-refractivity contribution < 1.29 is 14.0 Å². The fraction of sp³-hybridized carbons (Fsp3) is 0.833. The summed E-state index contributed by atoms with van der Waals surface area (Å²) in [6.45, 7) is 5.97. The minimum atomic E-state index is -0.211. The Morgan fingerprint density at radius 1 is 1.39 bits per heavy atom. The van der Waals surface area contributed by atoms with Crippen molar-refractivity contribution in [2.45, 2.75) is 38.8 Å². The van der Waals surface area contributed by atoms with Crippen LogP contribution in [0.4, 0.5) is 0 Å². The second-order valence-electron chi connectivity index (χ2n) is 5.07. The van der Waals surface area contributed by atoms with Crippen LogP contribution in [0.1, 0.15) is 38.1 Å². The van der Waals surface area contributed by atoms with E-state index in [1.165, 1.54) is 0 Å². The maximum atomic E-state index is 6.01. The second-order valence-corrected chi connectivity index (χ2v) is 5.07. The van der Waals surface area contributed by atoms with Gasteiger partial charge in [-0.25, -0.2) is 0 Å². The average Bonchev–Trinajstić information content (AvgIpc) is 2.77. The molecule has 6 nitrogen and oxygen atoms in total. The van der Waals surface area contributed by atoms with Crippen LogP contribution in [0, 0.1) is 5.92 Å². The first-order valence-electron chi connectivity index (χ1n) is 6.42. The van der Waals surface area contributed by atoms with Gasteiger partial charge in [0.1, 0.15) is 6.10 Å². The van der Waals surface area contributed by atoms with Gasteiger partial charge in [0.2, 0.25) is 11.7 Å². The van der Waals surface area contributed by atoms with Gasteiger partial charge in [0.25, 0.3) is 0 Å². The van der Waals surface area contributed by atoms with Crippen LogP contribution in [0.25, 0.3) is 0 Å². The summed E-state index contributed by atoms with van der Waals surface area (Å²) in [5.41, 5.74) is 6.01. The summed E-state index contributed by atoms with van der Waals surface area (Å²) in [5.74, 6) is 1.70. The van der Waals surface area contributed by atoms with E-state index in [1.807, 2.05) is 0 Å². The van der Waals surface area contributed by atoms with Crippen LogP contribution in [0.3, 0.4) is 0 Å². The van der Waals surface area contributed by atoms with Crippen LogP contribution in [0.5, 0.6) is 0 Å². The van der Waals surface area contributed by atoms with Gasteiger partial charge in [-0.15, -0.1) is 0 Å². The number of ether oxygens (including phenoxy) is 2. The van der Waals surface area contributed by atoms with Gasteiger partial charge in [-0.3, -0.25) is 0 Å². The maximum absolute atomic E-state index is 6.01. The summed E-state index contributed by atoms with van der Waals surface area (Å²) in [6, 6.07) is 0.0572. The Kier molecular flexibility index (Phi) is 4.68. The zero-order chi connectivity index (χ0) is 13.0. The Balaban J connectivity index is 1.89. The number of aromatic nitrogens is 2. The Morgan fingerprint density at radius 3 is 2.89 bits per heavy atom. The summed E-state index contributed by atoms with van der Waals surface area (Å²) in [7, 11) is 0. The Morgan fingerprint density at radius 2 is 2.22 bits per heavy atom. The van der Waals surface area contributed by atoms with Gasteiger partial charge in [-0.2, -0.15) is 4.98 Å². The first kappa shape index (κ1) is 13.5. The molecule has 0 amide bonds. The van der Waals surface area contributed by atoms with Crippen LogP contribution >= 0.6 is 0 Å². The third-order valence-electron chi connectivity index (χ3n) is 2.80. The van der Waals surface area contributed by atoms with Crippen LogP contribution in [-0.4, -0.2) is 36.0 Å². The summed E-state index contributed by atoms with van der Waals surface area (Å²) in [5, 5.41) is 3.93. The van der Waals surface area contributed by atoms with Crippen LogP contribution < -0.4 is 5.73 Å². The zero-order valence-corrected chi connectivity index (χ0v) is 11.0. The molecule has 0 aromatic carbocycles. The Bertz CT molecular complexity index is 361. The second kappa shape index (κ2) is 6.26. The molecule has 0 saturated carbocycles. The van der Waals surface area contributed by atoms with Gasteiger partial charge >= 0.3 is 0 Å². The van der Waals surface area contributed by atoms with Gasteiger partial charge in [-0.05, 0) is 12.3 Å². The smallest absolute Gasteiger partial charge is 0.228 e. The first-order valence-corrected chi connectivity index (χ1v) is 6.42. The summed E-state index contributed by atoms with van der Waals surface area (Å²) >= 11 is 0. The molecule has 18 heavy (non-hydrogen) atoms. The molecule has 0 bridgehead atoms. The summed E-state index contributed by atoms with van der Waals surface area (Å²) in [6.07, 6.45) is 1.34. The van der Waals surface area contributed by atoms with E-state index in [-0.39, 0.29) is 12.1 Å². The number of hydrogen-bond acceptors (Lipinski definition) is 6. The molecule has 1 fully saturated rings. The van der Waals surface area contributed by atoms with E-state index in [4.69, 9.17) is 19.7 Å².